The Bertz CT molecular complexity index is 1060. The molecule has 0 radical (unpaired) electrons. The number of esters is 1. The number of halogens is 1. The fourth-order valence-electron chi connectivity index (χ4n) is 2.41. The lowest BCUT2D eigenvalue weighted by Gasteiger charge is -2.14. The molecule has 10 nitrogen and oxygen atoms in total. The highest BCUT2D eigenvalue weighted by atomic mass is 35.5. The Morgan fingerprint density at radius 3 is 2.80 bits per heavy atom. The van der Waals surface area contributed by atoms with Crippen LogP contribution in [0.15, 0.2) is 41.2 Å². The quantitative estimate of drug-likeness (QED) is 0.531. The van der Waals surface area contributed by atoms with Gasteiger partial charge < -0.3 is 24.5 Å². The average Bonchev–Trinajstić information content (AvgIpc) is 3.23. The minimum absolute atomic E-state index is 0.0480. The number of methoxy groups -OCH3 is 1. The summed E-state index contributed by atoms with van der Waals surface area (Å²) in [4.78, 5) is 31.7. The van der Waals surface area contributed by atoms with Crippen LogP contribution in [0, 0.1) is 0 Å². The number of carbonyl (C=O) groups is 2. The van der Waals surface area contributed by atoms with E-state index in [1.165, 1.54) is 19.2 Å². The normalized spacial score (nSPS) is 11.6. The first-order valence-corrected chi connectivity index (χ1v) is 9.00. The lowest BCUT2D eigenvalue weighted by Crippen LogP contribution is -2.20. The number of hydrogen-bond acceptors (Lipinski definition) is 9. The van der Waals surface area contributed by atoms with Crippen molar-refractivity contribution in [3.63, 3.8) is 0 Å². The van der Waals surface area contributed by atoms with Crippen molar-refractivity contribution >= 4 is 23.5 Å². The van der Waals surface area contributed by atoms with Gasteiger partial charge in [0.2, 0.25) is 5.82 Å². The molecule has 0 aliphatic rings. The fraction of sp³-hybridized carbons (Fsp3) is 0.211. The number of ether oxygens (including phenoxy) is 3. The third-order valence-electron chi connectivity index (χ3n) is 3.82. The van der Waals surface area contributed by atoms with Crippen LogP contribution in [0.25, 0.3) is 11.4 Å². The van der Waals surface area contributed by atoms with Crippen molar-refractivity contribution in [2.75, 3.05) is 13.7 Å². The zero-order valence-corrected chi connectivity index (χ0v) is 16.8. The van der Waals surface area contributed by atoms with Gasteiger partial charge in [-0.05, 0) is 31.2 Å². The van der Waals surface area contributed by atoms with Crippen molar-refractivity contribution in [1.29, 1.82) is 0 Å². The van der Waals surface area contributed by atoms with E-state index in [-0.39, 0.29) is 28.0 Å². The van der Waals surface area contributed by atoms with Gasteiger partial charge in [-0.15, -0.1) is 0 Å². The average molecular weight is 433 g/mol. The number of benzene rings is 1. The van der Waals surface area contributed by atoms with E-state index in [0.29, 0.717) is 11.4 Å². The molecule has 0 saturated carbocycles. The number of nitrogens with zero attached hydrogens (tertiary/aromatic N) is 3. The monoisotopic (exact) mass is 432 g/mol. The summed E-state index contributed by atoms with van der Waals surface area (Å²) in [6.45, 7) is 1.19. The molecule has 1 amide bonds. The van der Waals surface area contributed by atoms with Crippen molar-refractivity contribution < 1.29 is 28.3 Å². The first-order chi connectivity index (χ1) is 14.4. The summed E-state index contributed by atoms with van der Waals surface area (Å²) in [5, 5.41) is 3.91. The molecule has 0 spiro atoms. The number of amides is 1. The van der Waals surface area contributed by atoms with Crippen LogP contribution < -0.4 is 15.2 Å². The summed E-state index contributed by atoms with van der Waals surface area (Å²) in [7, 11) is 1.36. The molecule has 30 heavy (non-hydrogen) atoms. The molecular weight excluding hydrogens is 416 g/mol. The molecular formula is C19H17ClN4O6. The van der Waals surface area contributed by atoms with Crippen LogP contribution in [-0.4, -0.2) is 40.7 Å². The van der Waals surface area contributed by atoms with Crippen molar-refractivity contribution in [2.45, 2.75) is 13.0 Å². The van der Waals surface area contributed by atoms with Crippen molar-refractivity contribution in [2.24, 2.45) is 5.73 Å². The summed E-state index contributed by atoms with van der Waals surface area (Å²) in [5.74, 6) is -0.732. The molecule has 0 aliphatic carbocycles. The molecule has 3 rings (SSSR count). The number of primary amides is 1. The van der Waals surface area contributed by atoms with Gasteiger partial charge >= 0.3 is 5.97 Å². The number of rotatable bonds is 8. The molecule has 0 fully saturated rings. The number of hydrogen-bond donors (Lipinski definition) is 1. The second-order valence-electron chi connectivity index (χ2n) is 5.99. The van der Waals surface area contributed by atoms with E-state index in [2.05, 4.69) is 15.1 Å². The Hall–Kier alpha value is -3.66. The summed E-state index contributed by atoms with van der Waals surface area (Å²) in [6.07, 6.45) is 2.38. The number of aromatic nitrogens is 3. The Morgan fingerprint density at radius 2 is 2.13 bits per heavy atom. The highest BCUT2D eigenvalue weighted by Crippen LogP contribution is 2.37. The van der Waals surface area contributed by atoms with Gasteiger partial charge in [0.1, 0.15) is 0 Å². The molecule has 156 valence electrons. The zero-order chi connectivity index (χ0) is 21.7. The largest absolute Gasteiger partial charge is 0.493 e. The highest BCUT2D eigenvalue weighted by Gasteiger charge is 2.23. The van der Waals surface area contributed by atoms with Crippen LogP contribution in [0.5, 0.6) is 11.5 Å². The van der Waals surface area contributed by atoms with Crippen molar-refractivity contribution in [3.8, 4) is 22.9 Å². The predicted molar refractivity (Wildman–Crippen MR) is 104 cm³/mol. The Balaban J connectivity index is 1.74. The second-order valence-corrected chi connectivity index (χ2v) is 6.40. The maximum Gasteiger partial charge on any atom is 0.339 e. The van der Waals surface area contributed by atoms with E-state index >= 15 is 0 Å². The molecule has 0 bridgehead atoms. The first kappa shape index (κ1) is 21.1. The van der Waals surface area contributed by atoms with Gasteiger partial charge in [-0.1, -0.05) is 16.8 Å². The van der Waals surface area contributed by atoms with Gasteiger partial charge in [0, 0.05) is 18.0 Å². The van der Waals surface area contributed by atoms with E-state index in [4.69, 9.17) is 36.1 Å². The maximum absolute atomic E-state index is 12.6. The molecule has 0 saturated heterocycles. The van der Waals surface area contributed by atoms with Crippen LogP contribution >= 0.6 is 11.6 Å². The van der Waals surface area contributed by atoms with E-state index in [1.807, 2.05) is 0 Å². The highest BCUT2D eigenvalue weighted by molar-refractivity contribution is 6.32. The third kappa shape index (κ3) is 4.84. The molecule has 3 aromatic rings. The molecule has 2 N–H and O–H groups in total. The molecule has 2 aromatic heterocycles. The lowest BCUT2D eigenvalue weighted by atomic mass is 10.2. The predicted octanol–water partition coefficient (Wildman–Crippen LogP) is 2.58. The van der Waals surface area contributed by atoms with Crippen LogP contribution in [0.3, 0.4) is 0 Å². The van der Waals surface area contributed by atoms with Crippen molar-refractivity contribution in [3.05, 3.63) is 53.1 Å². The molecule has 2 heterocycles. The van der Waals surface area contributed by atoms with Crippen LogP contribution in [0.2, 0.25) is 5.02 Å². The van der Waals surface area contributed by atoms with Crippen molar-refractivity contribution in [1.82, 2.24) is 15.1 Å². The Labute approximate surface area is 175 Å². The summed E-state index contributed by atoms with van der Waals surface area (Å²) < 4.78 is 21.0. The maximum atomic E-state index is 12.6. The minimum atomic E-state index is -0.828. The van der Waals surface area contributed by atoms with Gasteiger partial charge in [-0.3, -0.25) is 9.78 Å². The molecule has 1 unspecified atom stereocenters. The summed E-state index contributed by atoms with van der Waals surface area (Å²) in [5.41, 5.74) is 5.82. The number of pyridine rings is 1. The van der Waals surface area contributed by atoms with Gasteiger partial charge in [0.15, 0.2) is 24.2 Å². The molecule has 1 aromatic carbocycles. The summed E-state index contributed by atoms with van der Waals surface area (Å²) >= 11 is 6.15. The van der Waals surface area contributed by atoms with Gasteiger partial charge in [0.25, 0.3) is 11.8 Å². The van der Waals surface area contributed by atoms with Crippen LogP contribution in [0.4, 0.5) is 0 Å². The number of carbonyl (C=O) groups excluding carboxylic acids is 2. The first-order valence-electron chi connectivity index (χ1n) is 8.62. The number of nitrogens with two attached hydrogens (primary N) is 1. The summed E-state index contributed by atoms with van der Waals surface area (Å²) in [6, 6.07) is 6.20. The van der Waals surface area contributed by atoms with Crippen LogP contribution in [-0.2, 0) is 9.53 Å². The van der Waals surface area contributed by atoms with Gasteiger partial charge in [-0.2, -0.15) is 4.98 Å². The third-order valence-corrected chi connectivity index (χ3v) is 4.10. The fourth-order valence-corrected chi connectivity index (χ4v) is 2.68. The van der Waals surface area contributed by atoms with E-state index in [1.54, 1.807) is 31.5 Å². The van der Waals surface area contributed by atoms with E-state index in [0.717, 1.165) is 0 Å². The van der Waals surface area contributed by atoms with E-state index < -0.39 is 24.6 Å². The SMILES string of the molecule is COc1cc(C(=O)OC(C)c2nc(-c3cccnc3)no2)cc(Cl)c1OCC(N)=O. The van der Waals surface area contributed by atoms with E-state index in [9.17, 15) is 9.59 Å². The van der Waals surface area contributed by atoms with Crippen LogP contribution in [0.1, 0.15) is 29.3 Å². The second kappa shape index (κ2) is 9.23. The smallest absolute Gasteiger partial charge is 0.339 e. The molecule has 11 heteroatoms. The Morgan fingerprint density at radius 1 is 1.33 bits per heavy atom. The topological polar surface area (TPSA) is 140 Å². The molecule has 1 atom stereocenters. The lowest BCUT2D eigenvalue weighted by molar-refractivity contribution is -0.119. The Kier molecular flexibility index (Phi) is 6.48. The minimum Gasteiger partial charge on any atom is -0.493 e. The van der Waals surface area contributed by atoms with Gasteiger partial charge in [-0.25, -0.2) is 4.79 Å². The standard InChI is InChI=1S/C19H17ClN4O6/c1-10(18-23-17(24-30-18)11-4-3-5-22-8-11)29-19(26)12-6-13(20)16(14(7-12)27-2)28-9-15(21)25/h3-8,10H,9H2,1-2H3,(H2,21,25). The zero-order valence-electron chi connectivity index (χ0n) is 16.0. The molecule has 0 aliphatic heterocycles. The van der Waals surface area contributed by atoms with Gasteiger partial charge in [0.05, 0.1) is 17.7 Å².